The summed E-state index contributed by atoms with van der Waals surface area (Å²) in [6, 6.07) is 3.48. The van der Waals surface area contributed by atoms with E-state index in [0.29, 0.717) is 4.47 Å². The highest BCUT2D eigenvalue weighted by Gasteiger charge is 2.38. The van der Waals surface area contributed by atoms with Gasteiger partial charge in [-0.25, -0.2) is 12.8 Å². The van der Waals surface area contributed by atoms with Gasteiger partial charge in [-0.3, -0.25) is 0 Å². The van der Waals surface area contributed by atoms with Crippen molar-refractivity contribution < 1.29 is 17.9 Å². The number of benzene rings is 1. The van der Waals surface area contributed by atoms with Crippen LogP contribution >= 0.6 is 15.9 Å². The van der Waals surface area contributed by atoms with Gasteiger partial charge < -0.3 is 5.11 Å². The first kappa shape index (κ1) is 13.9. The van der Waals surface area contributed by atoms with Gasteiger partial charge in [0.25, 0.3) is 0 Å². The first-order chi connectivity index (χ1) is 8.46. The van der Waals surface area contributed by atoms with Gasteiger partial charge in [-0.1, -0.05) is 0 Å². The Morgan fingerprint density at radius 1 is 1.44 bits per heavy atom. The van der Waals surface area contributed by atoms with Crippen LogP contribution in [-0.2, 0) is 10.0 Å². The van der Waals surface area contributed by atoms with E-state index in [-0.39, 0.29) is 24.1 Å². The molecule has 1 aliphatic rings. The van der Waals surface area contributed by atoms with Crippen molar-refractivity contribution in [1.82, 2.24) is 4.31 Å². The smallest absolute Gasteiger partial charge is 0.244 e. The summed E-state index contributed by atoms with van der Waals surface area (Å²) in [6.07, 6.45) is 1.57. The summed E-state index contributed by atoms with van der Waals surface area (Å²) >= 11 is 3.12. The molecule has 0 saturated heterocycles. The minimum absolute atomic E-state index is 0.0377. The van der Waals surface area contributed by atoms with E-state index < -0.39 is 15.8 Å². The molecule has 0 bridgehead atoms. The predicted octanol–water partition coefficient (Wildman–Crippen LogP) is 1.73. The van der Waals surface area contributed by atoms with E-state index in [0.717, 1.165) is 18.9 Å². The lowest BCUT2D eigenvalue weighted by Crippen LogP contribution is -2.35. The average molecular weight is 338 g/mol. The number of aliphatic hydroxyl groups is 1. The van der Waals surface area contributed by atoms with Gasteiger partial charge in [0.05, 0.1) is 11.5 Å². The van der Waals surface area contributed by atoms with E-state index in [2.05, 4.69) is 15.9 Å². The van der Waals surface area contributed by atoms with Crippen LogP contribution in [0.1, 0.15) is 12.8 Å². The van der Waals surface area contributed by atoms with Crippen molar-refractivity contribution in [3.8, 4) is 0 Å². The summed E-state index contributed by atoms with van der Waals surface area (Å²) in [5.41, 5.74) is 0. The van der Waals surface area contributed by atoms with E-state index in [9.17, 15) is 12.8 Å². The molecule has 100 valence electrons. The van der Waals surface area contributed by atoms with Gasteiger partial charge in [0.1, 0.15) is 5.82 Å². The third-order valence-corrected chi connectivity index (χ3v) is 5.70. The SMILES string of the molecule is O=S(=O)(c1cc(F)ccc1Br)N(CCO)C1CC1. The first-order valence-corrected chi connectivity index (χ1v) is 7.78. The third kappa shape index (κ3) is 2.74. The number of hydrogen-bond acceptors (Lipinski definition) is 3. The monoisotopic (exact) mass is 337 g/mol. The van der Waals surface area contributed by atoms with Gasteiger partial charge in [0, 0.05) is 17.1 Å². The van der Waals surface area contributed by atoms with Crippen LogP contribution in [0.25, 0.3) is 0 Å². The van der Waals surface area contributed by atoms with Crippen LogP contribution in [0.5, 0.6) is 0 Å². The van der Waals surface area contributed by atoms with E-state index in [1.807, 2.05) is 0 Å². The Kier molecular flexibility index (Phi) is 4.05. The number of sulfonamides is 1. The molecule has 7 heteroatoms. The molecule has 0 spiro atoms. The first-order valence-electron chi connectivity index (χ1n) is 5.54. The Hall–Kier alpha value is -0.500. The van der Waals surface area contributed by atoms with E-state index in [1.54, 1.807) is 0 Å². The zero-order valence-electron chi connectivity index (χ0n) is 9.51. The van der Waals surface area contributed by atoms with Crippen LogP contribution in [-0.4, -0.2) is 37.0 Å². The molecule has 1 N–H and O–H groups in total. The van der Waals surface area contributed by atoms with Crippen molar-refractivity contribution in [2.45, 2.75) is 23.8 Å². The van der Waals surface area contributed by atoms with E-state index >= 15 is 0 Å². The van der Waals surface area contributed by atoms with Crippen molar-refractivity contribution in [3.63, 3.8) is 0 Å². The second kappa shape index (κ2) is 5.24. The summed E-state index contributed by atoms with van der Waals surface area (Å²) < 4.78 is 39.5. The molecule has 0 aromatic heterocycles. The summed E-state index contributed by atoms with van der Waals surface area (Å²) in [5, 5.41) is 8.96. The van der Waals surface area contributed by atoms with Gasteiger partial charge >= 0.3 is 0 Å². The highest BCUT2D eigenvalue weighted by molar-refractivity contribution is 9.10. The van der Waals surface area contributed by atoms with Gasteiger partial charge in [0.2, 0.25) is 10.0 Å². The lowest BCUT2D eigenvalue weighted by Gasteiger charge is -2.21. The van der Waals surface area contributed by atoms with Gasteiger partial charge in [0.15, 0.2) is 0 Å². The van der Waals surface area contributed by atoms with Crippen molar-refractivity contribution in [2.24, 2.45) is 0 Å². The van der Waals surface area contributed by atoms with Crippen molar-refractivity contribution in [1.29, 1.82) is 0 Å². The fourth-order valence-electron chi connectivity index (χ4n) is 1.76. The molecule has 0 unspecified atom stereocenters. The maximum Gasteiger partial charge on any atom is 0.244 e. The van der Waals surface area contributed by atoms with Crippen molar-refractivity contribution >= 4 is 26.0 Å². The zero-order valence-corrected chi connectivity index (χ0v) is 11.9. The summed E-state index contributed by atoms with van der Waals surface area (Å²) in [5.74, 6) is -0.600. The molecule has 4 nitrogen and oxygen atoms in total. The second-order valence-electron chi connectivity index (χ2n) is 4.15. The number of rotatable bonds is 5. The topological polar surface area (TPSA) is 57.6 Å². The molecular weight excluding hydrogens is 325 g/mol. The largest absolute Gasteiger partial charge is 0.395 e. The van der Waals surface area contributed by atoms with Gasteiger partial charge in [-0.15, -0.1) is 0 Å². The third-order valence-electron chi connectivity index (χ3n) is 2.75. The highest BCUT2D eigenvalue weighted by Crippen LogP contribution is 2.34. The molecule has 0 atom stereocenters. The normalized spacial score (nSPS) is 16.2. The standard InChI is InChI=1S/C11H13BrFNO3S/c12-10-4-1-8(13)7-11(10)18(16,17)14(5-6-15)9-2-3-9/h1,4,7,9,15H,2-3,5-6H2. The van der Waals surface area contributed by atoms with Crippen LogP contribution in [0.4, 0.5) is 4.39 Å². The Labute approximate surface area is 114 Å². The Morgan fingerprint density at radius 2 is 2.11 bits per heavy atom. The number of halogens is 2. The number of hydrogen-bond donors (Lipinski definition) is 1. The molecule has 0 heterocycles. The molecule has 2 rings (SSSR count). The molecule has 0 amide bonds. The fraction of sp³-hybridized carbons (Fsp3) is 0.455. The van der Waals surface area contributed by atoms with Crippen molar-refractivity contribution in [3.05, 3.63) is 28.5 Å². The Bertz CT molecular complexity index is 545. The highest BCUT2D eigenvalue weighted by atomic mass is 79.9. The van der Waals surface area contributed by atoms with Gasteiger partial charge in [-0.05, 0) is 47.0 Å². The summed E-state index contributed by atoms with van der Waals surface area (Å²) in [6.45, 7) is -0.210. The summed E-state index contributed by atoms with van der Waals surface area (Å²) in [4.78, 5) is -0.0946. The molecule has 1 aromatic rings. The predicted molar refractivity (Wildman–Crippen MR) is 68.1 cm³/mol. The number of nitrogens with zero attached hydrogens (tertiary/aromatic N) is 1. The quantitative estimate of drug-likeness (QED) is 0.890. The molecule has 1 aliphatic carbocycles. The minimum atomic E-state index is -3.77. The van der Waals surface area contributed by atoms with Crippen LogP contribution in [0, 0.1) is 5.82 Å². The minimum Gasteiger partial charge on any atom is -0.395 e. The average Bonchev–Trinajstić information content (AvgIpc) is 3.13. The van der Waals surface area contributed by atoms with Crippen LogP contribution in [0.2, 0.25) is 0 Å². The van der Waals surface area contributed by atoms with Crippen LogP contribution in [0.3, 0.4) is 0 Å². The molecular formula is C11H13BrFNO3S. The zero-order chi connectivity index (χ0) is 13.3. The number of aliphatic hydroxyl groups excluding tert-OH is 1. The van der Waals surface area contributed by atoms with Crippen LogP contribution in [0.15, 0.2) is 27.6 Å². The lowest BCUT2D eigenvalue weighted by molar-refractivity contribution is 0.250. The molecule has 0 radical (unpaired) electrons. The molecule has 1 aromatic carbocycles. The summed E-state index contributed by atoms with van der Waals surface area (Å²) in [7, 11) is -3.77. The Balaban J connectivity index is 2.42. The van der Waals surface area contributed by atoms with E-state index in [4.69, 9.17) is 5.11 Å². The molecule has 18 heavy (non-hydrogen) atoms. The van der Waals surface area contributed by atoms with E-state index in [1.165, 1.54) is 16.4 Å². The maximum atomic E-state index is 13.2. The maximum absolute atomic E-state index is 13.2. The van der Waals surface area contributed by atoms with Crippen molar-refractivity contribution in [2.75, 3.05) is 13.2 Å². The lowest BCUT2D eigenvalue weighted by atomic mass is 10.3. The van der Waals surface area contributed by atoms with Crippen LogP contribution < -0.4 is 0 Å². The fourth-order valence-corrected chi connectivity index (χ4v) is 4.38. The molecule has 0 aliphatic heterocycles. The Morgan fingerprint density at radius 3 is 2.67 bits per heavy atom. The second-order valence-corrected chi connectivity index (χ2v) is 6.86. The molecule has 1 fully saturated rings. The molecule has 1 saturated carbocycles. The van der Waals surface area contributed by atoms with Gasteiger partial charge in [-0.2, -0.15) is 4.31 Å².